The lowest BCUT2D eigenvalue weighted by Crippen LogP contribution is -2.40. The molecule has 0 radical (unpaired) electrons. The fourth-order valence-electron chi connectivity index (χ4n) is 3.05. The molecule has 0 saturated carbocycles. The fourth-order valence-corrected chi connectivity index (χ4v) is 3.61. The second kappa shape index (κ2) is 6.08. The maximum Gasteiger partial charge on any atom is 0.318 e. The molecule has 4 nitrogen and oxygen atoms in total. The van der Waals surface area contributed by atoms with E-state index in [9.17, 15) is 4.79 Å². The summed E-state index contributed by atoms with van der Waals surface area (Å²) in [6, 6.07) is 10.4. The minimum atomic E-state index is -0.00701. The summed E-state index contributed by atoms with van der Waals surface area (Å²) in [5, 5.41) is 4.96. The molecule has 1 saturated heterocycles. The second-order valence-electron chi connectivity index (χ2n) is 6.56. The van der Waals surface area contributed by atoms with Gasteiger partial charge in [0.15, 0.2) is 0 Å². The number of rotatable bonds is 3. The number of hydrogen-bond donors (Lipinski definition) is 1. The standard InChI is InChI=1S/C17H21N3OS/c1-17(2)8-15(13-6-4-3-5-7-13)20(11-17)16(21)18-9-14-10-22-12-19-14/h3-7,10,12,15H,8-9,11H2,1-2H3,(H,18,21). The Hall–Kier alpha value is -1.88. The maximum atomic E-state index is 12.6. The van der Waals surface area contributed by atoms with Gasteiger partial charge in [0.1, 0.15) is 0 Å². The summed E-state index contributed by atoms with van der Waals surface area (Å²) < 4.78 is 0. The molecule has 22 heavy (non-hydrogen) atoms. The summed E-state index contributed by atoms with van der Waals surface area (Å²) >= 11 is 1.54. The number of aromatic nitrogens is 1. The lowest BCUT2D eigenvalue weighted by Gasteiger charge is -2.25. The number of benzene rings is 1. The Balaban J connectivity index is 1.73. The van der Waals surface area contributed by atoms with E-state index in [1.807, 2.05) is 28.5 Å². The molecule has 1 aliphatic heterocycles. The quantitative estimate of drug-likeness (QED) is 0.935. The van der Waals surface area contributed by atoms with E-state index in [-0.39, 0.29) is 17.5 Å². The molecule has 3 rings (SSSR count). The first-order valence-electron chi connectivity index (χ1n) is 7.52. The van der Waals surface area contributed by atoms with Crippen LogP contribution in [0.4, 0.5) is 4.79 Å². The van der Waals surface area contributed by atoms with Gasteiger partial charge < -0.3 is 10.2 Å². The highest BCUT2D eigenvalue weighted by Crippen LogP contribution is 2.42. The smallest absolute Gasteiger partial charge is 0.318 e. The summed E-state index contributed by atoms with van der Waals surface area (Å²) in [5.41, 5.74) is 4.04. The van der Waals surface area contributed by atoms with Crippen molar-refractivity contribution in [3.05, 3.63) is 52.5 Å². The largest absolute Gasteiger partial charge is 0.332 e. The van der Waals surface area contributed by atoms with Crippen molar-refractivity contribution < 1.29 is 4.79 Å². The Morgan fingerprint density at radius 1 is 1.41 bits per heavy atom. The molecule has 1 atom stereocenters. The molecule has 116 valence electrons. The Morgan fingerprint density at radius 2 is 2.18 bits per heavy atom. The molecule has 0 spiro atoms. The monoisotopic (exact) mass is 315 g/mol. The molecule has 1 N–H and O–H groups in total. The van der Waals surface area contributed by atoms with Gasteiger partial charge in [-0.25, -0.2) is 9.78 Å². The topological polar surface area (TPSA) is 45.2 Å². The van der Waals surface area contributed by atoms with Gasteiger partial charge in [0.25, 0.3) is 0 Å². The highest BCUT2D eigenvalue weighted by Gasteiger charge is 2.40. The van der Waals surface area contributed by atoms with Crippen molar-refractivity contribution in [2.24, 2.45) is 5.41 Å². The molecular weight excluding hydrogens is 294 g/mol. The molecule has 1 unspecified atom stereocenters. The highest BCUT2D eigenvalue weighted by atomic mass is 32.1. The van der Waals surface area contributed by atoms with E-state index in [1.165, 1.54) is 5.56 Å². The van der Waals surface area contributed by atoms with Gasteiger partial charge >= 0.3 is 6.03 Å². The number of carbonyl (C=O) groups is 1. The number of thiazole rings is 1. The van der Waals surface area contributed by atoms with Crippen molar-refractivity contribution >= 4 is 17.4 Å². The molecule has 0 aliphatic carbocycles. The van der Waals surface area contributed by atoms with E-state index in [4.69, 9.17) is 0 Å². The molecular formula is C17H21N3OS. The van der Waals surface area contributed by atoms with Gasteiger partial charge in [0.05, 0.1) is 23.8 Å². The van der Waals surface area contributed by atoms with E-state index in [1.54, 1.807) is 16.8 Å². The summed E-state index contributed by atoms with van der Waals surface area (Å²) in [6.07, 6.45) is 0.987. The van der Waals surface area contributed by atoms with Crippen LogP contribution in [0.5, 0.6) is 0 Å². The van der Waals surface area contributed by atoms with Crippen molar-refractivity contribution in [3.8, 4) is 0 Å². The lowest BCUT2D eigenvalue weighted by molar-refractivity contribution is 0.189. The van der Waals surface area contributed by atoms with Crippen molar-refractivity contribution in [1.29, 1.82) is 0 Å². The van der Waals surface area contributed by atoms with Crippen LogP contribution < -0.4 is 5.32 Å². The number of urea groups is 1. The fraction of sp³-hybridized carbons (Fsp3) is 0.412. The third kappa shape index (κ3) is 3.30. The van der Waals surface area contributed by atoms with Gasteiger partial charge in [0.2, 0.25) is 0 Å². The molecule has 0 bridgehead atoms. The Morgan fingerprint density at radius 3 is 2.86 bits per heavy atom. The van der Waals surface area contributed by atoms with Crippen LogP contribution in [0, 0.1) is 5.41 Å². The summed E-state index contributed by atoms with van der Waals surface area (Å²) in [7, 11) is 0. The predicted molar refractivity (Wildman–Crippen MR) is 88.6 cm³/mol. The summed E-state index contributed by atoms with van der Waals surface area (Å²) in [4.78, 5) is 18.8. The van der Waals surface area contributed by atoms with E-state index in [0.717, 1.165) is 18.7 Å². The first-order valence-corrected chi connectivity index (χ1v) is 8.46. The molecule has 1 fully saturated rings. The summed E-state index contributed by atoms with van der Waals surface area (Å²) in [6.45, 7) is 5.70. The molecule has 5 heteroatoms. The van der Waals surface area contributed by atoms with E-state index < -0.39 is 0 Å². The third-order valence-electron chi connectivity index (χ3n) is 4.07. The Kier molecular flexibility index (Phi) is 4.16. The number of nitrogens with zero attached hydrogens (tertiary/aromatic N) is 2. The zero-order chi connectivity index (χ0) is 15.6. The first kappa shape index (κ1) is 15.0. The minimum absolute atomic E-state index is 0.00701. The molecule has 1 aromatic heterocycles. The number of nitrogens with one attached hydrogen (secondary N) is 1. The number of likely N-dealkylation sites (tertiary alicyclic amines) is 1. The zero-order valence-electron chi connectivity index (χ0n) is 13.0. The van der Waals surface area contributed by atoms with Crippen molar-refractivity contribution in [3.63, 3.8) is 0 Å². The maximum absolute atomic E-state index is 12.6. The van der Waals surface area contributed by atoms with Crippen molar-refractivity contribution in [1.82, 2.24) is 15.2 Å². The highest BCUT2D eigenvalue weighted by molar-refractivity contribution is 7.07. The Bertz CT molecular complexity index is 625. The van der Waals surface area contributed by atoms with Crippen LogP contribution in [0.15, 0.2) is 41.2 Å². The predicted octanol–water partition coefficient (Wildman–Crippen LogP) is 3.83. The van der Waals surface area contributed by atoms with Gasteiger partial charge in [-0.2, -0.15) is 0 Å². The average molecular weight is 315 g/mol. The van der Waals surface area contributed by atoms with Gasteiger partial charge in [0, 0.05) is 11.9 Å². The van der Waals surface area contributed by atoms with Gasteiger partial charge in [-0.05, 0) is 17.4 Å². The molecule has 1 aromatic carbocycles. The third-order valence-corrected chi connectivity index (χ3v) is 4.71. The van der Waals surface area contributed by atoms with Crippen LogP contribution in [0.1, 0.15) is 37.6 Å². The van der Waals surface area contributed by atoms with Gasteiger partial charge in [-0.3, -0.25) is 0 Å². The molecule has 2 amide bonds. The number of amides is 2. The van der Waals surface area contributed by atoms with Crippen LogP contribution in [0.2, 0.25) is 0 Å². The van der Waals surface area contributed by atoms with Crippen LogP contribution in [-0.4, -0.2) is 22.5 Å². The Labute approximate surface area is 135 Å². The van der Waals surface area contributed by atoms with Gasteiger partial charge in [-0.15, -0.1) is 11.3 Å². The van der Waals surface area contributed by atoms with E-state index in [2.05, 4.69) is 36.3 Å². The van der Waals surface area contributed by atoms with Crippen LogP contribution in [0.3, 0.4) is 0 Å². The second-order valence-corrected chi connectivity index (χ2v) is 7.28. The molecule has 2 aromatic rings. The molecule has 2 heterocycles. The van der Waals surface area contributed by atoms with Crippen LogP contribution in [-0.2, 0) is 6.54 Å². The average Bonchev–Trinajstić information content (AvgIpc) is 3.13. The van der Waals surface area contributed by atoms with Crippen molar-refractivity contribution in [2.75, 3.05) is 6.54 Å². The van der Waals surface area contributed by atoms with Crippen molar-refractivity contribution in [2.45, 2.75) is 32.9 Å². The number of carbonyl (C=O) groups excluding carboxylic acids is 1. The minimum Gasteiger partial charge on any atom is -0.332 e. The van der Waals surface area contributed by atoms with E-state index >= 15 is 0 Å². The zero-order valence-corrected chi connectivity index (χ0v) is 13.8. The summed E-state index contributed by atoms with van der Waals surface area (Å²) in [5.74, 6) is 0. The lowest BCUT2D eigenvalue weighted by atomic mass is 9.89. The van der Waals surface area contributed by atoms with E-state index in [0.29, 0.717) is 6.54 Å². The van der Waals surface area contributed by atoms with Crippen LogP contribution in [0.25, 0.3) is 0 Å². The normalized spacial score (nSPS) is 20.1. The number of hydrogen-bond acceptors (Lipinski definition) is 3. The first-order chi connectivity index (χ1) is 10.6. The SMILES string of the molecule is CC1(C)CC(c2ccccc2)N(C(=O)NCc2cscn2)C1. The van der Waals surface area contributed by atoms with Crippen LogP contribution >= 0.6 is 11.3 Å². The van der Waals surface area contributed by atoms with Gasteiger partial charge in [-0.1, -0.05) is 44.2 Å². The molecule has 1 aliphatic rings.